The predicted octanol–water partition coefficient (Wildman–Crippen LogP) is 2.50. The van der Waals surface area contributed by atoms with Gasteiger partial charge in [0.1, 0.15) is 0 Å². The lowest BCUT2D eigenvalue weighted by molar-refractivity contribution is 0.121. The molecule has 0 bridgehead atoms. The van der Waals surface area contributed by atoms with E-state index >= 15 is 0 Å². The van der Waals surface area contributed by atoms with E-state index in [1.807, 2.05) is 6.92 Å². The second-order valence-electron chi connectivity index (χ2n) is 3.35. The van der Waals surface area contributed by atoms with E-state index in [0.29, 0.717) is 5.92 Å². The molecule has 0 amide bonds. The van der Waals surface area contributed by atoms with Crippen LogP contribution in [0, 0.1) is 5.92 Å². The molecule has 1 rings (SSSR count). The average molecular weight is 154 g/mol. The van der Waals surface area contributed by atoms with Gasteiger partial charge in [-0.25, -0.2) is 0 Å². The Morgan fingerprint density at radius 2 is 2.36 bits per heavy atom. The van der Waals surface area contributed by atoms with Gasteiger partial charge in [0.25, 0.3) is 0 Å². The molecule has 1 aliphatic carbocycles. The maximum Gasteiger partial charge on any atom is 0.0600 e. The Balaban J connectivity index is 2.41. The largest absolute Gasteiger partial charge is 0.393 e. The van der Waals surface area contributed by atoms with Crippen molar-refractivity contribution in [1.29, 1.82) is 0 Å². The van der Waals surface area contributed by atoms with Gasteiger partial charge in [0.05, 0.1) is 6.10 Å². The number of allylic oxidation sites excluding steroid dienone is 1. The van der Waals surface area contributed by atoms with Crippen molar-refractivity contribution in [2.45, 2.75) is 45.1 Å². The zero-order chi connectivity index (χ0) is 8.10. The Morgan fingerprint density at radius 1 is 1.55 bits per heavy atom. The van der Waals surface area contributed by atoms with Crippen molar-refractivity contribution in [2.75, 3.05) is 0 Å². The molecule has 0 aromatic heterocycles. The summed E-state index contributed by atoms with van der Waals surface area (Å²) in [7, 11) is 0. The van der Waals surface area contributed by atoms with Crippen LogP contribution in [0.25, 0.3) is 0 Å². The molecule has 64 valence electrons. The maximum absolute atomic E-state index is 9.56. The lowest BCUT2D eigenvalue weighted by Crippen LogP contribution is -2.16. The van der Waals surface area contributed by atoms with Crippen molar-refractivity contribution < 1.29 is 5.11 Å². The summed E-state index contributed by atoms with van der Waals surface area (Å²) in [5.74, 6) is 0.433. The maximum atomic E-state index is 9.56. The fourth-order valence-corrected chi connectivity index (χ4v) is 1.63. The molecule has 11 heavy (non-hydrogen) atoms. The van der Waals surface area contributed by atoms with Gasteiger partial charge in [0, 0.05) is 5.92 Å². The van der Waals surface area contributed by atoms with Gasteiger partial charge in [-0.3, -0.25) is 0 Å². The highest BCUT2D eigenvalue weighted by Gasteiger charge is 2.14. The second kappa shape index (κ2) is 4.55. The van der Waals surface area contributed by atoms with Gasteiger partial charge in [-0.05, 0) is 25.7 Å². The quantitative estimate of drug-likeness (QED) is 0.606. The van der Waals surface area contributed by atoms with E-state index < -0.39 is 0 Å². The fourth-order valence-electron chi connectivity index (χ4n) is 1.63. The third-order valence-corrected chi connectivity index (χ3v) is 2.45. The van der Waals surface area contributed by atoms with Gasteiger partial charge in [-0.15, -0.1) is 0 Å². The lowest BCUT2D eigenvalue weighted by atomic mass is 9.96. The summed E-state index contributed by atoms with van der Waals surface area (Å²) < 4.78 is 0. The van der Waals surface area contributed by atoms with Crippen molar-refractivity contribution in [1.82, 2.24) is 0 Å². The first-order valence-corrected chi connectivity index (χ1v) is 4.69. The minimum Gasteiger partial charge on any atom is -0.393 e. The fraction of sp³-hybridized carbons (Fsp3) is 0.800. The van der Waals surface area contributed by atoms with E-state index in [-0.39, 0.29) is 6.10 Å². The number of hydrogen-bond acceptors (Lipinski definition) is 1. The molecule has 0 saturated heterocycles. The highest BCUT2D eigenvalue weighted by atomic mass is 16.3. The molecule has 0 radical (unpaired) electrons. The van der Waals surface area contributed by atoms with Gasteiger partial charge in [-0.2, -0.15) is 0 Å². The van der Waals surface area contributed by atoms with E-state index in [4.69, 9.17) is 0 Å². The van der Waals surface area contributed by atoms with Crippen LogP contribution in [0.15, 0.2) is 12.2 Å². The van der Waals surface area contributed by atoms with Crippen LogP contribution in [0.4, 0.5) is 0 Å². The molecule has 1 N–H and O–H groups in total. The van der Waals surface area contributed by atoms with Crippen LogP contribution in [0.1, 0.15) is 39.0 Å². The van der Waals surface area contributed by atoms with Crippen molar-refractivity contribution in [3.63, 3.8) is 0 Å². The lowest BCUT2D eigenvalue weighted by Gasteiger charge is -2.16. The molecule has 1 heteroatoms. The highest BCUT2D eigenvalue weighted by Crippen LogP contribution is 2.21. The van der Waals surface area contributed by atoms with E-state index in [1.165, 1.54) is 25.7 Å². The molecule has 2 atom stereocenters. The standard InChI is InChI=1S/C10H18O/c1-2-10(11)9-7-5-3-4-6-8-9/h5,7,9-11H,2-4,6,8H2,1H3/t9-,10-/m1/s1. The predicted molar refractivity (Wildman–Crippen MR) is 47.4 cm³/mol. The molecular weight excluding hydrogens is 136 g/mol. The molecule has 0 spiro atoms. The van der Waals surface area contributed by atoms with E-state index in [9.17, 15) is 5.11 Å². The van der Waals surface area contributed by atoms with Crippen molar-refractivity contribution in [3.05, 3.63) is 12.2 Å². The first kappa shape index (κ1) is 8.79. The number of aliphatic hydroxyl groups is 1. The van der Waals surface area contributed by atoms with Crippen LogP contribution in [-0.4, -0.2) is 11.2 Å². The number of rotatable bonds is 2. The zero-order valence-electron chi connectivity index (χ0n) is 7.29. The van der Waals surface area contributed by atoms with Crippen molar-refractivity contribution in [3.8, 4) is 0 Å². The highest BCUT2D eigenvalue weighted by molar-refractivity contribution is 4.93. The third-order valence-electron chi connectivity index (χ3n) is 2.45. The Kier molecular flexibility index (Phi) is 3.64. The Morgan fingerprint density at radius 3 is 3.09 bits per heavy atom. The van der Waals surface area contributed by atoms with Crippen molar-refractivity contribution >= 4 is 0 Å². The zero-order valence-corrected chi connectivity index (χ0v) is 7.29. The number of aliphatic hydroxyl groups excluding tert-OH is 1. The Hall–Kier alpha value is -0.300. The molecule has 0 aliphatic heterocycles. The first-order chi connectivity index (χ1) is 5.34. The van der Waals surface area contributed by atoms with E-state index in [2.05, 4.69) is 12.2 Å². The molecule has 1 nitrogen and oxygen atoms in total. The van der Waals surface area contributed by atoms with Crippen molar-refractivity contribution in [2.24, 2.45) is 5.92 Å². The summed E-state index contributed by atoms with van der Waals surface area (Å²) >= 11 is 0. The average Bonchev–Trinajstić information content (AvgIpc) is 2.30. The van der Waals surface area contributed by atoms with E-state index in [0.717, 1.165) is 6.42 Å². The topological polar surface area (TPSA) is 20.2 Å². The van der Waals surface area contributed by atoms with Crippen LogP contribution in [0.2, 0.25) is 0 Å². The molecular formula is C10H18O. The third kappa shape index (κ3) is 2.66. The summed E-state index contributed by atoms with van der Waals surface area (Å²) in [6.45, 7) is 2.05. The van der Waals surface area contributed by atoms with Crippen LogP contribution < -0.4 is 0 Å². The molecule has 0 saturated carbocycles. The smallest absolute Gasteiger partial charge is 0.0600 e. The molecule has 0 unspecified atom stereocenters. The molecule has 0 heterocycles. The monoisotopic (exact) mass is 154 g/mol. The summed E-state index contributed by atoms with van der Waals surface area (Å²) in [6.07, 6.45) is 10.1. The van der Waals surface area contributed by atoms with Gasteiger partial charge in [0.2, 0.25) is 0 Å². The molecule has 1 aliphatic rings. The Bertz CT molecular complexity index is 129. The van der Waals surface area contributed by atoms with Crippen LogP contribution in [0.5, 0.6) is 0 Å². The minimum atomic E-state index is -0.107. The SMILES string of the molecule is CC[C@@H](O)[C@@H]1C=CCCCC1. The van der Waals surface area contributed by atoms with Gasteiger partial charge < -0.3 is 5.11 Å². The van der Waals surface area contributed by atoms with Gasteiger partial charge in [0.15, 0.2) is 0 Å². The summed E-state index contributed by atoms with van der Waals surface area (Å²) in [6, 6.07) is 0. The number of hydrogen-bond donors (Lipinski definition) is 1. The van der Waals surface area contributed by atoms with Gasteiger partial charge >= 0.3 is 0 Å². The van der Waals surface area contributed by atoms with E-state index in [1.54, 1.807) is 0 Å². The minimum absolute atomic E-state index is 0.107. The molecule has 0 aromatic carbocycles. The summed E-state index contributed by atoms with van der Waals surface area (Å²) in [5, 5.41) is 9.56. The second-order valence-corrected chi connectivity index (χ2v) is 3.35. The normalized spacial score (nSPS) is 28.0. The Labute approximate surface area is 69.1 Å². The van der Waals surface area contributed by atoms with Crippen LogP contribution in [0.3, 0.4) is 0 Å². The molecule has 0 aromatic rings. The first-order valence-electron chi connectivity index (χ1n) is 4.69. The summed E-state index contributed by atoms with van der Waals surface area (Å²) in [4.78, 5) is 0. The summed E-state index contributed by atoms with van der Waals surface area (Å²) in [5.41, 5.74) is 0. The van der Waals surface area contributed by atoms with Gasteiger partial charge in [-0.1, -0.05) is 25.5 Å². The van der Waals surface area contributed by atoms with Crippen LogP contribution >= 0.6 is 0 Å². The molecule has 0 fully saturated rings. The van der Waals surface area contributed by atoms with Crippen LogP contribution in [-0.2, 0) is 0 Å².